The van der Waals surface area contributed by atoms with Crippen molar-refractivity contribution in [1.29, 1.82) is 0 Å². The van der Waals surface area contributed by atoms with Crippen LogP contribution in [0.1, 0.15) is 27.6 Å². The van der Waals surface area contributed by atoms with Gasteiger partial charge in [0.1, 0.15) is 5.75 Å². The number of amides is 1. The largest absolute Gasteiger partial charge is 0.573 e. The highest BCUT2D eigenvalue weighted by Gasteiger charge is 2.31. The van der Waals surface area contributed by atoms with Gasteiger partial charge >= 0.3 is 12.3 Å². The van der Waals surface area contributed by atoms with Crippen LogP contribution in [0, 0.1) is 0 Å². The van der Waals surface area contributed by atoms with Crippen molar-refractivity contribution < 1.29 is 32.2 Å². The van der Waals surface area contributed by atoms with Crippen LogP contribution >= 0.6 is 0 Å². The quantitative estimate of drug-likeness (QED) is 0.825. The number of ether oxygens (including phenoxy) is 2. The molecular formula is C17H14F3NO4. The minimum Gasteiger partial charge on any atom is -0.462 e. The number of carbonyl (C=O) groups is 2. The molecule has 5 nitrogen and oxygen atoms in total. The highest BCUT2D eigenvalue weighted by Crippen LogP contribution is 2.23. The van der Waals surface area contributed by atoms with Gasteiger partial charge in [0.25, 0.3) is 5.91 Å². The molecule has 0 radical (unpaired) electrons. The van der Waals surface area contributed by atoms with Crippen molar-refractivity contribution >= 4 is 17.6 Å². The lowest BCUT2D eigenvalue weighted by atomic mass is 10.1. The van der Waals surface area contributed by atoms with Gasteiger partial charge in [-0.05, 0) is 43.3 Å². The summed E-state index contributed by atoms with van der Waals surface area (Å²) in [5.41, 5.74) is 0.518. The van der Waals surface area contributed by atoms with Crippen molar-refractivity contribution in [2.45, 2.75) is 13.3 Å². The fourth-order valence-electron chi connectivity index (χ4n) is 1.98. The molecule has 0 unspecified atom stereocenters. The normalized spacial score (nSPS) is 10.9. The second-order valence-electron chi connectivity index (χ2n) is 4.79. The highest BCUT2D eigenvalue weighted by atomic mass is 19.4. The van der Waals surface area contributed by atoms with Crippen molar-refractivity contribution in [3.63, 3.8) is 0 Å². The van der Waals surface area contributed by atoms with Crippen molar-refractivity contribution in [2.75, 3.05) is 11.9 Å². The smallest absolute Gasteiger partial charge is 0.462 e. The van der Waals surface area contributed by atoms with E-state index in [9.17, 15) is 22.8 Å². The number of anilines is 1. The van der Waals surface area contributed by atoms with E-state index in [0.29, 0.717) is 0 Å². The van der Waals surface area contributed by atoms with E-state index in [1.165, 1.54) is 24.3 Å². The Balaban J connectivity index is 2.14. The maximum Gasteiger partial charge on any atom is 0.573 e. The van der Waals surface area contributed by atoms with Crippen LogP contribution in [0.15, 0.2) is 48.5 Å². The molecule has 0 aromatic heterocycles. The van der Waals surface area contributed by atoms with Gasteiger partial charge in [-0.2, -0.15) is 0 Å². The average molecular weight is 353 g/mol. The zero-order chi connectivity index (χ0) is 18.4. The maximum atomic E-state index is 12.2. The molecule has 0 bridgehead atoms. The summed E-state index contributed by atoms with van der Waals surface area (Å²) >= 11 is 0. The molecule has 0 aliphatic rings. The summed E-state index contributed by atoms with van der Waals surface area (Å²) < 4.78 is 45.0. The molecule has 1 N–H and O–H groups in total. The second-order valence-corrected chi connectivity index (χ2v) is 4.79. The molecule has 25 heavy (non-hydrogen) atoms. The fourth-order valence-corrected chi connectivity index (χ4v) is 1.98. The Bertz CT molecular complexity index is 757. The Morgan fingerprint density at radius 1 is 1.04 bits per heavy atom. The number of rotatable bonds is 5. The summed E-state index contributed by atoms with van der Waals surface area (Å²) in [6, 6.07) is 10.7. The molecule has 1 amide bonds. The van der Waals surface area contributed by atoms with E-state index in [2.05, 4.69) is 10.1 Å². The number of hydrogen-bond donors (Lipinski definition) is 1. The predicted octanol–water partition coefficient (Wildman–Crippen LogP) is 4.01. The number of benzene rings is 2. The summed E-state index contributed by atoms with van der Waals surface area (Å²) in [5, 5.41) is 2.53. The van der Waals surface area contributed by atoms with Crippen molar-refractivity contribution in [2.24, 2.45) is 0 Å². The minimum absolute atomic E-state index is 0.105. The molecule has 0 saturated carbocycles. The van der Waals surface area contributed by atoms with E-state index < -0.39 is 24.0 Å². The number of halogens is 3. The lowest BCUT2D eigenvalue weighted by Gasteiger charge is -2.11. The third kappa shape index (κ3) is 5.23. The third-order valence-electron chi connectivity index (χ3n) is 3.02. The molecule has 0 aliphatic carbocycles. The summed E-state index contributed by atoms with van der Waals surface area (Å²) in [7, 11) is 0. The Hall–Kier alpha value is -3.03. The standard InChI is InChI=1S/C17H14F3NO4/c1-2-24-16(23)13-5-3-4-6-14(13)21-15(22)11-7-9-12(10-8-11)25-17(18,19)20/h3-10H,2H2,1H3,(H,21,22). The summed E-state index contributed by atoms with van der Waals surface area (Å²) in [4.78, 5) is 24.1. The predicted molar refractivity (Wildman–Crippen MR) is 83.5 cm³/mol. The third-order valence-corrected chi connectivity index (χ3v) is 3.02. The first-order valence-electron chi connectivity index (χ1n) is 7.23. The van der Waals surface area contributed by atoms with Gasteiger partial charge in [-0.3, -0.25) is 4.79 Å². The molecule has 0 saturated heterocycles. The molecule has 8 heteroatoms. The number of para-hydroxylation sites is 1. The SMILES string of the molecule is CCOC(=O)c1ccccc1NC(=O)c1ccc(OC(F)(F)F)cc1. The minimum atomic E-state index is -4.80. The van der Waals surface area contributed by atoms with Crippen LogP contribution in [-0.2, 0) is 4.74 Å². The van der Waals surface area contributed by atoms with Crippen LogP contribution < -0.4 is 10.1 Å². The Kier molecular flexibility index (Phi) is 5.63. The Labute approximate surface area is 141 Å². The van der Waals surface area contributed by atoms with E-state index in [0.717, 1.165) is 12.1 Å². The summed E-state index contributed by atoms with van der Waals surface area (Å²) in [6.45, 7) is 1.84. The van der Waals surface area contributed by atoms with E-state index in [1.807, 2.05) is 0 Å². The molecule has 2 rings (SSSR count). The van der Waals surface area contributed by atoms with Crippen LogP contribution in [-0.4, -0.2) is 24.8 Å². The highest BCUT2D eigenvalue weighted by molar-refractivity contribution is 6.08. The Morgan fingerprint density at radius 2 is 1.68 bits per heavy atom. The Morgan fingerprint density at radius 3 is 2.28 bits per heavy atom. The number of hydrogen-bond acceptors (Lipinski definition) is 4. The van der Waals surface area contributed by atoms with Gasteiger partial charge in [-0.15, -0.1) is 13.2 Å². The fraction of sp³-hybridized carbons (Fsp3) is 0.176. The molecule has 0 atom stereocenters. The van der Waals surface area contributed by atoms with Crippen LogP contribution in [0.3, 0.4) is 0 Å². The van der Waals surface area contributed by atoms with Gasteiger partial charge in [-0.25, -0.2) is 4.79 Å². The number of nitrogens with one attached hydrogen (secondary N) is 1. The zero-order valence-electron chi connectivity index (χ0n) is 13.1. The van der Waals surface area contributed by atoms with E-state index in [4.69, 9.17) is 4.74 Å². The van der Waals surface area contributed by atoms with Gasteiger partial charge < -0.3 is 14.8 Å². The number of alkyl halides is 3. The lowest BCUT2D eigenvalue weighted by Crippen LogP contribution is -2.18. The van der Waals surface area contributed by atoms with Gasteiger partial charge in [0, 0.05) is 5.56 Å². The van der Waals surface area contributed by atoms with Crippen molar-refractivity contribution in [3.05, 3.63) is 59.7 Å². The van der Waals surface area contributed by atoms with Gasteiger partial charge in [0.15, 0.2) is 0 Å². The molecule has 0 fully saturated rings. The molecule has 0 spiro atoms. The van der Waals surface area contributed by atoms with E-state index >= 15 is 0 Å². The van der Waals surface area contributed by atoms with Crippen molar-refractivity contribution in [1.82, 2.24) is 0 Å². The molecular weight excluding hydrogens is 339 g/mol. The molecule has 0 heterocycles. The molecule has 132 valence electrons. The number of esters is 1. The second kappa shape index (κ2) is 7.69. The summed E-state index contributed by atoms with van der Waals surface area (Å²) in [5.74, 6) is -1.61. The van der Waals surface area contributed by atoms with Crippen LogP contribution in [0.5, 0.6) is 5.75 Å². The average Bonchev–Trinajstić information content (AvgIpc) is 2.54. The first-order chi connectivity index (χ1) is 11.8. The van der Waals surface area contributed by atoms with Crippen LogP contribution in [0.4, 0.5) is 18.9 Å². The molecule has 2 aromatic rings. The van der Waals surface area contributed by atoms with Gasteiger partial charge in [-0.1, -0.05) is 12.1 Å². The number of carbonyl (C=O) groups excluding carboxylic acids is 2. The van der Waals surface area contributed by atoms with Crippen molar-refractivity contribution in [3.8, 4) is 5.75 Å². The zero-order valence-corrected chi connectivity index (χ0v) is 13.1. The lowest BCUT2D eigenvalue weighted by molar-refractivity contribution is -0.274. The van der Waals surface area contributed by atoms with E-state index in [1.54, 1.807) is 19.1 Å². The molecule has 0 aliphatic heterocycles. The van der Waals surface area contributed by atoms with Gasteiger partial charge in [0.05, 0.1) is 17.9 Å². The van der Waals surface area contributed by atoms with Crippen LogP contribution in [0.25, 0.3) is 0 Å². The maximum absolute atomic E-state index is 12.2. The first kappa shape index (κ1) is 18.3. The topological polar surface area (TPSA) is 64.6 Å². The van der Waals surface area contributed by atoms with E-state index in [-0.39, 0.29) is 23.4 Å². The first-order valence-corrected chi connectivity index (χ1v) is 7.23. The monoisotopic (exact) mass is 353 g/mol. The van der Waals surface area contributed by atoms with Gasteiger partial charge in [0.2, 0.25) is 0 Å². The van der Waals surface area contributed by atoms with Crippen LogP contribution in [0.2, 0.25) is 0 Å². The summed E-state index contributed by atoms with van der Waals surface area (Å²) in [6.07, 6.45) is -4.80. The molecule has 2 aromatic carbocycles.